The molecular weight excluding hydrogens is 312 g/mol. The van der Waals surface area contributed by atoms with E-state index in [1.165, 1.54) is 23.3 Å². The van der Waals surface area contributed by atoms with E-state index in [2.05, 4.69) is 42.5 Å². The van der Waals surface area contributed by atoms with Crippen LogP contribution >= 0.6 is 0 Å². The van der Waals surface area contributed by atoms with E-state index in [0.29, 0.717) is 6.67 Å². The summed E-state index contributed by atoms with van der Waals surface area (Å²) in [4.78, 5) is 28.1. The molecule has 132 valence electrons. The second-order valence-corrected chi connectivity index (χ2v) is 7.80. The lowest BCUT2D eigenvalue weighted by Crippen LogP contribution is -3.14. The molecule has 0 radical (unpaired) electrons. The van der Waals surface area contributed by atoms with Crippen molar-refractivity contribution in [3.05, 3.63) is 48.0 Å². The molecular formula is C21H27N2O2+. The minimum atomic E-state index is -0.0903. The number of imide groups is 1. The van der Waals surface area contributed by atoms with Crippen LogP contribution in [0.15, 0.2) is 42.5 Å². The minimum absolute atomic E-state index is 0.0678. The van der Waals surface area contributed by atoms with Gasteiger partial charge in [0.25, 0.3) is 0 Å². The molecule has 4 nitrogen and oxygen atoms in total. The van der Waals surface area contributed by atoms with Crippen molar-refractivity contribution in [3.8, 4) is 0 Å². The highest BCUT2D eigenvalue weighted by Crippen LogP contribution is 2.34. The van der Waals surface area contributed by atoms with Crippen molar-refractivity contribution in [2.24, 2.45) is 17.8 Å². The molecule has 0 bridgehead atoms. The van der Waals surface area contributed by atoms with E-state index < -0.39 is 0 Å². The molecule has 2 saturated heterocycles. The largest absolute Gasteiger partial charge is 0.317 e. The molecule has 0 spiro atoms. The van der Waals surface area contributed by atoms with Crippen LogP contribution in [-0.2, 0) is 16.0 Å². The average Bonchev–Trinajstić information content (AvgIpc) is 2.89. The number of hydrogen-bond donors (Lipinski definition) is 1. The zero-order valence-electron chi connectivity index (χ0n) is 14.7. The van der Waals surface area contributed by atoms with Gasteiger partial charge in [-0.25, -0.2) is 4.90 Å². The van der Waals surface area contributed by atoms with Gasteiger partial charge in [-0.15, -0.1) is 0 Å². The molecule has 2 amide bonds. The smallest absolute Gasteiger partial charge is 0.237 e. The van der Waals surface area contributed by atoms with E-state index in [9.17, 15) is 9.59 Å². The monoisotopic (exact) mass is 339 g/mol. The van der Waals surface area contributed by atoms with Crippen molar-refractivity contribution in [2.45, 2.75) is 32.1 Å². The van der Waals surface area contributed by atoms with Crippen molar-refractivity contribution in [1.82, 2.24) is 4.90 Å². The molecule has 1 aromatic rings. The van der Waals surface area contributed by atoms with Crippen LogP contribution in [0.4, 0.5) is 0 Å². The third-order valence-electron chi connectivity index (χ3n) is 6.16. The van der Waals surface area contributed by atoms with Gasteiger partial charge in [-0.05, 0) is 43.6 Å². The predicted molar refractivity (Wildman–Crippen MR) is 95.6 cm³/mol. The van der Waals surface area contributed by atoms with Gasteiger partial charge in [0.2, 0.25) is 11.8 Å². The maximum atomic E-state index is 12.6. The first kappa shape index (κ1) is 16.5. The summed E-state index contributed by atoms with van der Waals surface area (Å²) in [5.74, 6) is 0.680. The van der Waals surface area contributed by atoms with Gasteiger partial charge in [0, 0.05) is 0 Å². The lowest BCUT2D eigenvalue weighted by Gasteiger charge is -2.31. The first-order valence-corrected chi connectivity index (χ1v) is 9.60. The summed E-state index contributed by atoms with van der Waals surface area (Å²) in [6, 6.07) is 10.7. The number of piperidine rings is 1. The summed E-state index contributed by atoms with van der Waals surface area (Å²) in [7, 11) is 0. The van der Waals surface area contributed by atoms with Crippen molar-refractivity contribution >= 4 is 11.8 Å². The first-order valence-electron chi connectivity index (χ1n) is 9.60. The maximum absolute atomic E-state index is 12.6. The van der Waals surface area contributed by atoms with E-state index in [1.54, 1.807) is 4.90 Å². The normalized spacial score (nSPS) is 32.1. The molecule has 0 unspecified atom stereocenters. The maximum Gasteiger partial charge on any atom is 0.237 e. The van der Waals surface area contributed by atoms with Gasteiger partial charge in [0.1, 0.15) is 0 Å². The van der Waals surface area contributed by atoms with Crippen LogP contribution in [0.25, 0.3) is 0 Å². The van der Waals surface area contributed by atoms with E-state index >= 15 is 0 Å². The molecule has 1 aromatic carbocycles. The number of likely N-dealkylation sites (tertiary alicyclic amines) is 2. The number of carbonyl (C=O) groups excluding carboxylic acids is 2. The van der Waals surface area contributed by atoms with Crippen molar-refractivity contribution in [2.75, 3.05) is 19.8 Å². The zero-order valence-corrected chi connectivity index (χ0v) is 14.7. The number of amides is 2. The quantitative estimate of drug-likeness (QED) is 0.666. The van der Waals surface area contributed by atoms with Crippen molar-refractivity contribution < 1.29 is 14.5 Å². The Bertz CT molecular complexity index is 636. The molecule has 25 heavy (non-hydrogen) atoms. The van der Waals surface area contributed by atoms with Crippen LogP contribution in [-0.4, -0.2) is 36.5 Å². The topological polar surface area (TPSA) is 41.8 Å². The molecule has 2 heterocycles. The van der Waals surface area contributed by atoms with E-state index in [4.69, 9.17) is 0 Å². The molecule has 1 aliphatic carbocycles. The molecule has 3 aliphatic rings. The summed E-state index contributed by atoms with van der Waals surface area (Å²) in [6.45, 7) is 2.69. The van der Waals surface area contributed by atoms with E-state index in [0.717, 1.165) is 38.3 Å². The molecule has 2 fully saturated rings. The fourth-order valence-electron chi connectivity index (χ4n) is 4.64. The lowest BCUT2D eigenvalue weighted by atomic mass is 9.85. The predicted octanol–water partition coefficient (Wildman–Crippen LogP) is 1.43. The SMILES string of the molecule is O=C1[C@@H]2CC=CC[C@H]2C(=O)N1C[NH+]1CCC(Cc2ccccc2)CC1. The second-order valence-electron chi connectivity index (χ2n) is 7.80. The van der Waals surface area contributed by atoms with Crippen LogP contribution in [0.3, 0.4) is 0 Å². The van der Waals surface area contributed by atoms with Crippen molar-refractivity contribution in [1.29, 1.82) is 0 Å². The van der Waals surface area contributed by atoms with Gasteiger partial charge in [0.05, 0.1) is 24.9 Å². The molecule has 0 aromatic heterocycles. The fourth-order valence-corrected chi connectivity index (χ4v) is 4.64. The minimum Gasteiger partial charge on any atom is -0.317 e. The van der Waals surface area contributed by atoms with Gasteiger partial charge >= 0.3 is 0 Å². The summed E-state index contributed by atoms with van der Waals surface area (Å²) in [6.07, 6.45) is 9.07. The summed E-state index contributed by atoms with van der Waals surface area (Å²) >= 11 is 0. The lowest BCUT2D eigenvalue weighted by molar-refractivity contribution is -0.913. The van der Waals surface area contributed by atoms with E-state index in [-0.39, 0.29) is 23.7 Å². The molecule has 4 heteroatoms. The number of quaternary nitrogens is 1. The van der Waals surface area contributed by atoms with Crippen LogP contribution < -0.4 is 4.90 Å². The van der Waals surface area contributed by atoms with Crippen LogP contribution in [0.2, 0.25) is 0 Å². The molecule has 0 saturated carbocycles. The Kier molecular flexibility index (Phi) is 4.71. The van der Waals surface area contributed by atoms with Gasteiger partial charge in [-0.3, -0.25) is 9.59 Å². The van der Waals surface area contributed by atoms with E-state index in [1.807, 2.05) is 0 Å². The van der Waals surface area contributed by atoms with Crippen molar-refractivity contribution in [3.63, 3.8) is 0 Å². The summed E-state index contributed by atoms with van der Waals surface area (Å²) < 4.78 is 0. The Morgan fingerprint density at radius 3 is 2.12 bits per heavy atom. The number of hydrogen-bond acceptors (Lipinski definition) is 2. The molecule has 4 rings (SSSR count). The number of nitrogens with zero attached hydrogens (tertiary/aromatic N) is 1. The fraction of sp³-hybridized carbons (Fsp3) is 0.524. The highest BCUT2D eigenvalue weighted by atomic mass is 16.2. The van der Waals surface area contributed by atoms with Gasteiger partial charge < -0.3 is 4.90 Å². The Morgan fingerprint density at radius 1 is 0.920 bits per heavy atom. The van der Waals surface area contributed by atoms with Crippen LogP contribution in [0.1, 0.15) is 31.2 Å². The van der Waals surface area contributed by atoms with Crippen LogP contribution in [0.5, 0.6) is 0 Å². The Morgan fingerprint density at radius 2 is 1.52 bits per heavy atom. The Labute approximate surface area is 149 Å². The molecule has 2 aliphatic heterocycles. The number of benzene rings is 1. The number of nitrogens with one attached hydrogen (secondary N) is 1. The highest BCUT2D eigenvalue weighted by Gasteiger charge is 2.48. The summed E-state index contributed by atoms with van der Waals surface area (Å²) in [5, 5.41) is 0. The van der Waals surface area contributed by atoms with Gasteiger partial charge in [-0.1, -0.05) is 42.5 Å². The number of fused-ring (bicyclic) bond motifs is 1. The summed E-state index contributed by atoms with van der Waals surface area (Å²) in [5.41, 5.74) is 1.41. The number of allylic oxidation sites excluding steroid dienone is 2. The van der Waals surface area contributed by atoms with Gasteiger partial charge in [-0.2, -0.15) is 0 Å². The number of carbonyl (C=O) groups is 2. The molecule has 2 atom stereocenters. The van der Waals surface area contributed by atoms with Gasteiger partial charge in [0.15, 0.2) is 6.67 Å². The molecule has 1 N–H and O–H groups in total. The standard InChI is InChI=1S/C21H26N2O2/c24-20-18-8-4-5-9-19(18)21(25)23(20)15-22-12-10-17(11-13-22)14-16-6-2-1-3-7-16/h1-7,17-19H,8-15H2/p+1/t18-,19-/m1/s1. The second kappa shape index (κ2) is 7.12. The zero-order chi connectivity index (χ0) is 17.2. The highest BCUT2D eigenvalue weighted by molar-refractivity contribution is 6.05. The average molecular weight is 339 g/mol. The number of rotatable bonds is 4. The first-order chi connectivity index (χ1) is 12.2. The Hall–Kier alpha value is -1.94. The third-order valence-corrected chi connectivity index (χ3v) is 6.16. The third kappa shape index (κ3) is 3.40. The Balaban J connectivity index is 1.30. The van der Waals surface area contributed by atoms with Crippen LogP contribution in [0, 0.1) is 17.8 Å².